The van der Waals surface area contributed by atoms with E-state index >= 15 is 0 Å². The van der Waals surface area contributed by atoms with Crippen molar-refractivity contribution in [1.82, 2.24) is 0 Å². The van der Waals surface area contributed by atoms with E-state index < -0.39 is 11.1 Å². The van der Waals surface area contributed by atoms with Crippen molar-refractivity contribution in [2.75, 3.05) is 0 Å². The van der Waals surface area contributed by atoms with Gasteiger partial charge in [0.1, 0.15) is 16.9 Å². The quantitative estimate of drug-likeness (QED) is 0.238. The van der Waals surface area contributed by atoms with E-state index in [-0.39, 0.29) is 71.4 Å². The van der Waals surface area contributed by atoms with Gasteiger partial charge in [0, 0.05) is 22.7 Å². The first-order chi connectivity index (χ1) is 8.38. The Morgan fingerprint density at radius 2 is 1.55 bits per heavy atom. The maximum Gasteiger partial charge on any atom is 1.00 e. The van der Waals surface area contributed by atoms with E-state index in [2.05, 4.69) is 35.8 Å². The molecular weight excluding hydrogens is 290 g/mol. The number of nitrogens with zero attached hydrogens (tertiary/aromatic N) is 5. The molecule has 0 bridgehead atoms. The van der Waals surface area contributed by atoms with Crippen LogP contribution < -0.4 is 69.6 Å². The van der Waals surface area contributed by atoms with Gasteiger partial charge in [-0.25, -0.2) is 4.99 Å². The molecule has 0 saturated carbocycles. The Morgan fingerprint density at radius 3 is 2.00 bits per heavy atom. The van der Waals surface area contributed by atoms with Gasteiger partial charge in [0.05, 0.1) is 0 Å². The molecule has 0 aromatic rings. The SMILES string of the molecule is CC1=NC(=N)C(C)(N=NO[O-])CC1(C)N=NO[O-].[Na+].[Na+]. The van der Waals surface area contributed by atoms with E-state index in [1.54, 1.807) is 20.8 Å². The van der Waals surface area contributed by atoms with Crippen molar-refractivity contribution in [3.63, 3.8) is 0 Å². The molecule has 0 aromatic heterocycles. The van der Waals surface area contributed by atoms with Gasteiger partial charge in [-0.3, -0.25) is 5.41 Å². The van der Waals surface area contributed by atoms with Crippen LogP contribution in [0.1, 0.15) is 27.2 Å². The molecule has 2 unspecified atom stereocenters. The van der Waals surface area contributed by atoms with Crippen LogP contribution in [0.2, 0.25) is 0 Å². The van der Waals surface area contributed by atoms with Gasteiger partial charge in [-0.2, -0.15) is 0 Å². The van der Waals surface area contributed by atoms with E-state index in [9.17, 15) is 10.5 Å². The number of nitrogens with one attached hydrogen (secondary N) is 1. The zero-order valence-corrected chi connectivity index (χ0v) is 16.1. The maximum atomic E-state index is 9.87. The fourth-order valence-electron chi connectivity index (χ4n) is 1.69. The van der Waals surface area contributed by atoms with Crippen molar-refractivity contribution in [2.45, 2.75) is 38.3 Å². The van der Waals surface area contributed by atoms with Crippen molar-refractivity contribution in [1.29, 1.82) is 5.41 Å². The molecular formula is C8H12N6Na2O4. The van der Waals surface area contributed by atoms with E-state index in [1.165, 1.54) is 0 Å². The van der Waals surface area contributed by atoms with Crippen molar-refractivity contribution < 1.29 is 79.6 Å². The minimum atomic E-state index is -1.18. The van der Waals surface area contributed by atoms with Gasteiger partial charge in [0.15, 0.2) is 0 Å². The van der Waals surface area contributed by atoms with Crippen LogP contribution in [0.25, 0.3) is 0 Å². The van der Waals surface area contributed by atoms with Crippen LogP contribution in [-0.2, 0) is 9.98 Å². The molecule has 10 nitrogen and oxygen atoms in total. The summed E-state index contributed by atoms with van der Waals surface area (Å²) in [5.74, 6) is -0.0866. The summed E-state index contributed by atoms with van der Waals surface area (Å²) in [7, 11) is 0. The smallest absolute Gasteiger partial charge is 0.636 e. The molecule has 0 amide bonds. The Bertz CT molecular complexity index is 431. The predicted molar refractivity (Wildman–Crippen MR) is 54.1 cm³/mol. The van der Waals surface area contributed by atoms with Gasteiger partial charge < -0.3 is 20.5 Å². The molecule has 0 aromatic carbocycles. The Labute approximate surface area is 159 Å². The van der Waals surface area contributed by atoms with Crippen LogP contribution in [0.3, 0.4) is 0 Å². The van der Waals surface area contributed by atoms with Crippen LogP contribution in [0.15, 0.2) is 25.8 Å². The molecule has 0 aliphatic carbocycles. The van der Waals surface area contributed by atoms with Crippen LogP contribution in [0, 0.1) is 5.41 Å². The Kier molecular flexibility index (Phi) is 10.2. The summed E-state index contributed by atoms with van der Waals surface area (Å²) < 4.78 is 0. The van der Waals surface area contributed by atoms with Crippen molar-refractivity contribution in [2.24, 2.45) is 25.8 Å². The fourth-order valence-corrected chi connectivity index (χ4v) is 1.69. The van der Waals surface area contributed by atoms with Gasteiger partial charge in [-0.05, 0) is 20.8 Å². The minimum absolute atomic E-state index is 0. The Hall–Kier alpha value is 0.0600. The van der Waals surface area contributed by atoms with Gasteiger partial charge in [-0.1, -0.05) is 0 Å². The number of aliphatic imine (C=N–C) groups is 1. The first-order valence-corrected chi connectivity index (χ1v) is 4.95. The molecule has 1 aliphatic rings. The second-order valence-corrected chi connectivity index (χ2v) is 4.28. The van der Waals surface area contributed by atoms with Gasteiger partial charge in [-0.15, -0.1) is 10.2 Å². The molecule has 0 fully saturated rings. The standard InChI is InChI=1S/C8H14N6O4.2Na/c1-5-7(2,11-13-17-15)4-8(3,6(9)10-5)12-14-18-16;;/h9,15-16H,4H2,1-3H3;;/q;2*+1/p-2. The molecule has 1 aliphatic heterocycles. The second-order valence-electron chi connectivity index (χ2n) is 4.28. The molecule has 100 valence electrons. The van der Waals surface area contributed by atoms with Crippen LogP contribution in [0.4, 0.5) is 0 Å². The zero-order chi connectivity index (χ0) is 13.8. The zero-order valence-electron chi connectivity index (χ0n) is 12.1. The summed E-state index contributed by atoms with van der Waals surface area (Å²) >= 11 is 0. The minimum Gasteiger partial charge on any atom is -0.636 e. The number of hydrogen-bond acceptors (Lipinski definition) is 9. The van der Waals surface area contributed by atoms with Gasteiger partial charge in [0.2, 0.25) is 0 Å². The molecule has 20 heavy (non-hydrogen) atoms. The molecule has 2 atom stereocenters. The third-order valence-corrected chi connectivity index (χ3v) is 2.85. The van der Waals surface area contributed by atoms with Crippen molar-refractivity contribution in [3.05, 3.63) is 0 Å². The van der Waals surface area contributed by atoms with Crippen molar-refractivity contribution in [3.8, 4) is 0 Å². The maximum absolute atomic E-state index is 9.87. The molecule has 0 spiro atoms. The Morgan fingerprint density at radius 1 is 1.10 bits per heavy atom. The van der Waals surface area contributed by atoms with Crippen LogP contribution in [0.5, 0.6) is 0 Å². The first kappa shape index (κ1) is 22.3. The molecule has 0 saturated heterocycles. The summed E-state index contributed by atoms with van der Waals surface area (Å²) in [5.41, 5.74) is -1.67. The molecule has 0 radical (unpaired) electrons. The number of hydrogen-bond donors (Lipinski definition) is 1. The molecule has 12 heteroatoms. The van der Waals surface area contributed by atoms with E-state index in [0.29, 0.717) is 5.71 Å². The van der Waals surface area contributed by atoms with E-state index in [0.717, 1.165) is 0 Å². The number of amidine groups is 1. The summed E-state index contributed by atoms with van der Waals surface area (Å²) in [5, 5.41) is 40.6. The summed E-state index contributed by atoms with van der Waals surface area (Å²) in [6, 6.07) is 0. The summed E-state index contributed by atoms with van der Waals surface area (Å²) in [4.78, 5) is 10.5. The summed E-state index contributed by atoms with van der Waals surface area (Å²) in [6.45, 7) is 4.82. The average Bonchev–Trinajstić information content (AvgIpc) is 2.32. The van der Waals surface area contributed by atoms with E-state index in [4.69, 9.17) is 5.41 Å². The topological polar surface area (TPSA) is 150 Å². The third-order valence-electron chi connectivity index (χ3n) is 2.85. The average molecular weight is 302 g/mol. The predicted octanol–water partition coefficient (Wildman–Crippen LogP) is -6.33. The van der Waals surface area contributed by atoms with E-state index in [1.807, 2.05) is 0 Å². The van der Waals surface area contributed by atoms with Crippen LogP contribution in [-0.4, -0.2) is 22.6 Å². The molecule has 1 rings (SSSR count). The third kappa shape index (κ3) is 5.11. The van der Waals surface area contributed by atoms with Gasteiger partial charge in [0.25, 0.3) is 0 Å². The van der Waals surface area contributed by atoms with Gasteiger partial charge >= 0.3 is 59.1 Å². The largest absolute Gasteiger partial charge is 1.00 e. The second kappa shape index (κ2) is 9.15. The fraction of sp³-hybridized carbons (Fsp3) is 0.750. The molecule has 1 N–H and O–H groups in total. The van der Waals surface area contributed by atoms with Crippen molar-refractivity contribution >= 4 is 11.5 Å². The van der Waals surface area contributed by atoms with Crippen LogP contribution >= 0.6 is 0 Å². The normalized spacial score (nSPS) is 29.6. The Balaban J connectivity index is 0. The summed E-state index contributed by atoms with van der Waals surface area (Å²) in [6.07, 6.45) is 0.147. The monoisotopic (exact) mass is 302 g/mol. The molecule has 1 heterocycles. The number of rotatable bonds is 4. The first-order valence-electron chi connectivity index (χ1n) is 4.95.